The number of carbonyl (C=O) groups excluding carboxylic acids is 1. The van der Waals surface area contributed by atoms with Crippen molar-refractivity contribution >= 4 is 16.9 Å². The third-order valence-corrected chi connectivity index (χ3v) is 3.29. The quantitative estimate of drug-likeness (QED) is 0.908. The van der Waals surface area contributed by atoms with Crippen LogP contribution in [0, 0.1) is 5.92 Å². The maximum Gasteiger partial charge on any atom is 0.251 e. The van der Waals surface area contributed by atoms with Gasteiger partial charge in [-0.25, -0.2) is 0 Å². The Morgan fingerprint density at radius 1 is 1.10 bits per heavy atom. The lowest BCUT2D eigenvalue weighted by molar-refractivity contribution is 0.0937. The first-order valence-corrected chi connectivity index (χ1v) is 7.08. The van der Waals surface area contributed by atoms with Crippen molar-refractivity contribution in [3.63, 3.8) is 0 Å². The van der Waals surface area contributed by atoms with E-state index >= 15 is 0 Å². The van der Waals surface area contributed by atoms with Crippen LogP contribution in [0.1, 0.15) is 44.0 Å². The second-order valence-corrected chi connectivity index (χ2v) is 5.61. The van der Waals surface area contributed by atoms with Crippen LogP contribution in [-0.4, -0.2) is 21.9 Å². The maximum absolute atomic E-state index is 12.2. The molecule has 0 bridgehead atoms. The summed E-state index contributed by atoms with van der Waals surface area (Å²) in [4.78, 5) is 20.6. The molecule has 20 heavy (non-hydrogen) atoms. The SMILES string of the molecule is CC(C)CC[C@@H](C)NC(=O)c1ccc2nccnc2c1. The first-order valence-electron chi connectivity index (χ1n) is 7.08. The molecule has 0 aliphatic heterocycles. The zero-order chi connectivity index (χ0) is 14.5. The lowest BCUT2D eigenvalue weighted by Gasteiger charge is -2.15. The molecule has 106 valence electrons. The molecule has 0 aliphatic carbocycles. The molecule has 4 heteroatoms. The molecule has 0 radical (unpaired) electrons. The maximum atomic E-state index is 12.2. The number of carbonyl (C=O) groups is 1. The topological polar surface area (TPSA) is 54.9 Å². The molecule has 4 nitrogen and oxygen atoms in total. The summed E-state index contributed by atoms with van der Waals surface area (Å²) in [5, 5.41) is 3.03. The minimum absolute atomic E-state index is 0.0474. The van der Waals surface area contributed by atoms with Crippen LogP contribution in [0.2, 0.25) is 0 Å². The van der Waals surface area contributed by atoms with Crippen molar-refractivity contribution in [1.29, 1.82) is 0 Å². The number of nitrogens with one attached hydrogen (secondary N) is 1. The van der Waals surface area contributed by atoms with Gasteiger partial charge >= 0.3 is 0 Å². The van der Waals surface area contributed by atoms with E-state index < -0.39 is 0 Å². The fourth-order valence-electron chi connectivity index (χ4n) is 2.07. The molecule has 0 spiro atoms. The second-order valence-electron chi connectivity index (χ2n) is 5.61. The van der Waals surface area contributed by atoms with E-state index in [0.717, 1.165) is 23.9 Å². The van der Waals surface area contributed by atoms with Crippen molar-refractivity contribution in [3.05, 3.63) is 36.2 Å². The van der Waals surface area contributed by atoms with E-state index in [1.165, 1.54) is 0 Å². The zero-order valence-electron chi connectivity index (χ0n) is 12.3. The van der Waals surface area contributed by atoms with Crippen LogP contribution in [0.15, 0.2) is 30.6 Å². The summed E-state index contributed by atoms with van der Waals surface area (Å²) in [7, 11) is 0. The van der Waals surface area contributed by atoms with E-state index in [4.69, 9.17) is 0 Å². The predicted octanol–water partition coefficient (Wildman–Crippen LogP) is 3.18. The normalized spacial score (nSPS) is 12.6. The van der Waals surface area contributed by atoms with Crippen LogP contribution >= 0.6 is 0 Å². The van der Waals surface area contributed by atoms with Crippen molar-refractivity contribution in [2.75, 3.05) is 0 Å². The molecule has 1 N–H and O–H groups in total. The summed E-state index contributed by atoms with van der Waals surface area (Å²) in [6.07, 6.45) is 5.40. The highest BCUT2D eigenvalue weighted by atomic mass is 16.1. The molecule has 0 saturated carbocycles. The van der Waals surface area contributed by atoms with Crippen LogP contribution in [0.4, 0.5) is 0 Å². The van der Waals surface area contributed by atoms with Gasteiger partial charge in [-0.05, 0) is 43.9 Å². The Morgan fingerprint density at radius 2 is 1.80 bits per heavy atom. The Hall–Kier alpha value is -1.97. The lowest BCUT2D eigenvalue weighted by Crippen LogP contribution is -2.32. The van der Waals surface area contributed by atoms with Gasteiger partial charge in [-0.1, -0.05) is 13.8 Å². The van der Waals surface area contributed by atoms with E-state index in [1.54, 1.807) is 24.5 Å². The van der Waals surface area contributed by atoms with E-state index in [2.05, 4.69) is 29.1 Å². The van der Waals surface area contributed by atoms with Crippen molar-refractivity contribution in [2.45, 2.75) is 39.7 Å². The fourth-order valence-corrected chi connectivity index (χ4v) is 2.07. The Balaban J connectivity index is 2.03. The van der Waals surface area contributed by atoms with Gasteiger partial charge in [0.25, 0.3) is 5.91 Å². The summed E-state index contributed by atoms with van der Waals surface area (Å²) in [6, 6.07) is 5.59. The number of hydrogen-bond acceptors (Lipinski definition) is 3. The molecule has 0 fully saturated rings. The molecule has 0 saturated heterocycles. The summed E-state index contributed by atoms with van der Waals surface area (Å²) >= 11 is 0. The van der Waals surface area contributed by atoms with Crippen molar-refractivity contribution in [3.8, 4) is 0 Å². The van der Waals surface area contributed by atoms with Gasteiger partial charge in [0.1, 0.15) is 0 Å². The van der Waals surface area contributed by atoms with Gasteiger partial charge < -0.3 is 5.32 Å². The Kier molecular flexibility index (Phi) is 4.66. The first kappa shape index (κ1) is 14.4. The third-order valence-electron chi connectivity index (χ3n) is 3.29. The summed E-state index contributed by atoms with van der Waals surface area (Å²) < 4.78 is 0. The Morgan fingerprint density at radius 3 is 2.50 bits per heavy atom. The van der Waals surface area contributed by atoms with Crippen LogP contribution in [0.5, 0.6) is 0 Å². The molecular weight excluding hydrogens is 250 g/mol. The van der Waals surface area contributed by atoms with E-state index in [0.29, 0.717) is 11.5 Å². The highest BCUT2D eigenvalue weighted by molar-refractivity contribution is 5.97. The summed E-state index contributed by atoms with van der Waals surface area (Å²) in [5.41, 5.74) is 2.18. The van der Waals surface area contributed by atoms with Gasteiger partial charge in [0.05, 0.1) is 11.0 Å². The zero-order valence-corrected chi connectivity index (χ0v) is 12.3. The van der Waals surface area contributed by atoms with Crippen molar-refractivity contribution < 1.29 is 4.79 Å². The number of nitrogens with zero attached hydrogens (tertiary/aromatic N) is 2. The van der Waals surface area contributed by atoms with Gasteiger partial charge in [-0.2, -0.15) is 0 Å². The minimum atomic E-state index is -0.0474. The van der Waals surface area contributed by atoms with Gasteiger partial charge in [0.15, 0.2) is 0 Å². The highest BCUT2D eigenvalue weighted by Gasteiger charge is 2.11. The average molecular weight is 271 g/mol. The van der Waals surface area contributed by atoms with Gasteiger partial charge in [-0.3, -0.25) is 14.8 Å². The van der Waals surface area contributed by atoms with Gasteiger partial charge in [0.2, 0.25) is 0 Å². The van der Waals surface area contributed by atoms with Crippen molar-refractivity contribution in [2.24, 2.45) is 5.92 Å². The standard InChI is InChI=1S/C16H21N3O/c1-11(2)4-5-12(3)19-16(20)13-6-7-14-15(10-13)18-9-8-17-14/h6-12H,4-5H2,1-3H3,(H,19,20)/t12-/m1/s1. The molecule has 0 aliphatic rings. The predicted molar refractivity (Wildman–Crippen MR) is 80.5 cm³/mol. The minimum Gasteiger partial charge on any atom is -0.350 e. The third kappa shape index (κ3) is 3.76. The van der Waals surface area contributed by atoms with Crippen LogP contribution in [0.3, 0.4) is 0 Å². The largest absolute Gasteiger partial charge is 0.350 e. The van der Waals surface area contributed by atoms with Crippen LogP contribution in [0.25, 0.3) is 11.0 Å². The average Bonchev–Trinajstić information content (AvgIpc) is 2.44. The Labute approximate surface area is 119 Å². The van der Waals surface area contributed by atoms with E-state index in [-0.39, 0.29) is 11.9 Å². The number of amides is 1. The molecule has 1 atom stereocenters. The van der Waals surface area contributed by atoms with Crippen LogP contribution < -0.4 is 5.32 Å². The molecule has 1 amide bonds. The number of benzene rings is 1. The Bertz CT molecular complexity index is 595. The molecule has 2 aromatic rings. The van der Waals surface area contributed by atoms with Crippen LogP contribution in [-0.2, 0) is 0 Å². The molecule has 1 aromatic carbocycles. The fraction of sp³-hybridized carbons (Fsp3) is 0.438. The second kappa shape index (κ2) is 6.46. The number of fused-ring (bicyclic) bond motifs is 1. The number of hydrogen-bond donors (Lipinski definition) is 1. The van der Waals surface area contributed by atoms with Gasteiger partial charge in [0, 0.05) is 24.0 Å². The molecule has 2 rings (SSSR count). The smallest absolute Gasteiger partial charge is 0.251 e. The lowest BCUT2D eigenvalue weighted by atomic mass is 10.0. The van der Waals surface area contributed by atoms with Gasteiger partial charge in [-0.15, -0.1) is 0 Å². The summed E-state index contributed by atoms with van der Waals surface area (Å²) in [5.74, 6) is 0.610. The molecule has 1 aromatic heterocycles. The molecule has 0 unspecified atom stereocenters. The van der Waals surface area contributed by atoms with Crippen molar-refractivity contribution in [1.82, 2.24) is 15.3 Å². The summed E-state index contributed by atoms with van der Waals surface area (Å²) in [6.45, 7) is 6.42. The number of rotatable bonds is 5. The molecule has 1 heterocycles. The monoisotopic (exact) mass is 271 g/mol. The number of aromatic nitrogens is 2. The van der Waals surface area contributed by atoms with E-state index in [1.807, 2.05) is 13.0 Å². The first-order chi connectivity index (χ1) is 9.56. The molecular formula is C16H21N3O. The highest BCUT2D eigenvalue weighted by Crippen LogP contribution is 2.12. The van der Waals surface area contributed by atoms with E-state index in [9.17, 15) is 4.79 Å².